The summed E-state index contributed by atoms with van der Waals surface area (Å²) in [5.41, 5.74) is 0. The first-order chi connectivity index (χ1) is 7.92. The molecule has 0 spiro atoms. The molecule has 0 aromatic carbocycles. The number of rotatable bonds is 5. The second-order valence-corrected chi connectivity index (χ2v) is 7.29. The Bertz CT molecular complexity index is 317. The largest absolute Gasteiger partial charge is 0.313 e. The lowest BCUT2D eigenvalue weighted by Crippen LogP contribution is -2.36. The summed E-state index contributed by atoms with van der Waals surface area (Å²) in [5.74, 6) is 0.187. The highest BCUT2D eigenvalue weighted by Crippen LogP contribution is 2.09. The number of nitrogens with one attached hydrogen (secondary N) is 1. The molecular weight excluding hydrogens is 238 g/mol. The van der Waals surface area contributed by atoms with E-state index < -0.39 is 10.0 Å². The van der Waals surface area contributed by atoms with E-state index in [0.29, 0.717) is 12.6 Å². The van der Waals surface area contributed by atoms with Crippen molar-refractivity contribution in [2.75, 3.05) is 46.5 Å². The van der Waals surface area contributed by atoms with Gasteiger partial charge in [-0.05, 0) is 39.4 Å². The molecule has 0 aliphatic carbocycles. The summed E-state index contributed by atoms with van der Waals surface area (Å²) in [6, 6.07) is 0.470. The van der Waals surface area contributed by atoms with Gasteiger partial charge in [-0.15, -0.1) is 0 Å². The van der Waals surface area contributed by atoms with Crippen molar-refractivity contribution in [3.05, 3.63) is 0 Å². The maximum absolute atomic E-state index is 11.6. The fourth-order valence-electron chi connectivity index (χ4n) is 2.02. The van der Waals surface area contributed by atoms with Gasteiger partial charge in [0.05, 0.1) is 5.75 Å². The van der Waals surface area contributed by atoms with Gasteiger partial charge in [0.25, 0.3) is 0 Å². The van der Waals surface area contributed by atoms with Crippen LogP contribution in [0.15, 0.2) is 0 Å². The SMILES string of the molecule is CN1CCCC(NCCS(=O)(=O)N(C)C)CC1. The maximum Gasteiger partial charge on any atom is 0.214 e. The van der Waals surface area contributed by atoms with Crippen molar-refractivity contribution in [2.24, 2.45) is 0 Å². The van der Waals surface area contributed by atoms with Crippen LogP contribution in [0.5, 0.6) is 0 Å². The molecule has 0 aromatic heterocycles. The van der Waals surface area contributed by atoms with Gasteiger partial charge in [0.2, 0.25) is 10.0 Å². The summed E-state index contributed by atoms with van der Waals surface area (Å²) in [4.78, 5) is 2.33. The van der Waals surface area contributed by atoms with Crippen molar-refractivity contribution in [2.45, 2.75) is 25.3 Å². The fraction of sp³-hybridized carbons (Fsp3) is 1.00. The third kappa shape index (κ3) is 5.33. The minimum atomic E-state index is -3.06. The molecule has 1 rings (SSSR count). The predicted molar refractivity (Wildman–Crippen MR) is 70.6 cm³/mol. The molecule has 0 saturated carbocycles. The van der Waals surface area contributed by atoms with Crippen molar-refractivity contribution in [1.82, 2.24) is 14.5 Å². The second kappa shape index (κ2) is 6.68. The van der Waals surface area contributed by atoms with Crippen molar-refractivity contribution >= 4 is 10.0 Å². The Morgan fingerprint density at radius 3 is 2.65 bits per heavy atom. The molecule has 1 N–H and O–H groups in total. The van der Waals surface area contributed by atoms with Crippen LogP contribution in [0.4, 0.5) is 0 Å². The van der Waals surface area contributed by atoms with E-state index in [4.69, 9.17) is 0 Å². The summed E-state index contributed by atoms with van der Waals surface area (Å²) in [5, 5.41) is 3.36. The predicted octanol–water partition coefficient (Wildman–Crippen LogP) is -0.0483. The Labute approximate surface area is 105 Å². The number of sulfonamides is 1. The van der Waals surface area contributed by atoms with E-state index in [1.54, 1.807) is 14.1 Å². The fourth-order valence-corrected chi connectivity index (χ4v) is 2.76. The number of hydrogen-bond donors (Lipinski definition) is 1. The van der Waals surface area contributed by atoms with E-state index >= 15 is 0 Å². The van der Waals surface area contributed by atoms with Gasteiger partial charge in [-0.25, -0.2) is 12.7 Å². The van der Waals surface area contributed by atoms with Crippen LogP contribution in [0, 0.1) is 0 Å². The second-order valence-electron chi connectivity index (χ2n) is 4.98. The van der Waals surface area contributed by atoms with Gasteiger partial charge in [0.1, 0.15) is 0 Å². The maximum atomic E-state index is 11.6. The Morgan fingerprint density at radius 2 is 2.00 bits per heavy atom. The van der Waals surface area contributed by atoms with Gasteiger partial charge in [-0.1, -0.05) is 0 Å². The van der Waals surface area contributed by atoms with Crippen LogP contribution in [-0.4, -0.2) is 70.2 Å². The summed E-state index contributed by atoms with van der Waals surface area (Å²) in [6.45, 7) is 2.79. The topological polar surface area (TPSA) is 52.7 Å². The third-order valence-corrected chi connectivity index (χ3v) is 5.13. The van der Waals surface area contributed by atoms with Crippen LogP contribution in [0.25, 0.3) is 0 Å². The van der Waals surface area contributed by atoms with Crippen molar-refractivity contribution in [1.29, 1.82) is 0 Å². The van der Waals surface area contributed by atoms with Crippen LogP contribution in [-0.2, 0) is 10.0 Å². The van der Waals surface area contributed by atoms with Gasteiger partial charge in [0.15, 0.2) is 0 Å². The minimum Gasteiger partial charge on any atom is -0.313 e. The Balaban J connectivity index is 2.27. The zero-order valence-corrected chi connectivity index (χ0v) is 12.0. The van der Waals surface area contributed by atoms with E-state index in [-0.39, 0.29) is 5.75 Å². The highest BCUT2D eigenvalue weighted by Gasteiger charge is 2.17. The number of hydrogen-bond acceptors (Lipinski definition) is 4. The lowest BCUT2D eigenvalue weighted by atomic mass is 10.1. The van der Waals surface area contributed by atoms with Gasteiger partial charge >= 0.3 is 0 Å². The van der Waals surface area contributed by atoms with Crippen LogP contribution < -0.4 is 5.32 Å². The zero-order valence-electron chi connectivity index (χ0n) is 11.1. The molecule has 0 bridgehead atoms. The summed E-state index contributed by atoms with van der Waals surface area (Å²) >= 11 is 0. The normalized spacial score (nSPS) is 23.9. The highest BCUT2D eigenvalue weighted by molar-refractivity contribution is 7.89. The minimum absolute atomic E-state index is 0.187. The highest BCUT2D eigenvalue weighted by atomic mass is 32.2. The van der Waals surface area contributed by atoms with Crippen molar-refractivity contribution < 1.29 is 8.42 Å². The lowest BCUT2D eigenvalue weighted by Gasteiger charge is -2.17. The molecule has 0 aromatic rings. The first-order valence-corrected chi connectivity index (χ1v) is 7.85. The first-order valence-electron chi connectivity index (χ1n) is 6.24. The zero-order chi connectivity index (χ0) is 12.9. The number of nitrogens with zero attached hydrogens (tertiary/aromatic N) is 2. The van der Waals surface area contributed by atoms with E-state index in [0.717, 1.165) is 25.9 Å². The molecule has 0 amide bonds. The third-order valence-electron chi connectivity index (χ3n) is 3.30. The van der Waals surface area contributed by atoms with E-state index in [1.165, 1.54) is 10.7 Å². The van der Waals surface area contributed by atoms with Gasteiger partial charge in [-0.2, -0.15) is 0 Å². The van der Waals surface area contributed by atoms with Crippen molar-refractivity contribution in [3.63, 3.8) is 0 Å². The van der Waals surface area contributed by atoms with Gasteiger partial charge in [-0.3, -0.25) is 0 Å². The van der Waals surface area contributed by atoms with Crippen LogP contribution in [0.2, 0.25) is 0 Å². The molecule has 1 atom stereocenters. The van der Waals surface area contributed by atoms with E-state index in [1.807, 2.05) is 0 Å². The molecule has 0 radical (unpaired) electrons. The van der Waals surface area contributed by atoms with Gasteiger partial charge < -0.3 is 10.2 Å². The van der Waals surface area contributed by atoms with Gasteiger partial charge in [0, 0.05) is 26.7 Å². The molecule has 1 aliphatic heterocycles. The molecule has 1 heterocycles. The monoisotopic (exact) mass is 263 g/mol. The van der Waals surface area contributed by atoms with Crippen LogP contribution >= 0.6 is 0 Å². The number of likely N-dealkylation sites (tertiary alicyclic amines) is 1. The quantitative estimate of drug-likeness (QED) is 0.756. The molecule has 5 nitrogen and oxygen atoms in total. The average molecular weight is 263 g/mol. The smallest absolute Gasteiger partial charge is 0.214 e. The Kier molecular flexibility index (Phi) is 5.85. The van der Waals surface area contributed by atoms with E-state index in [9.17, 15) is 8.42 Å². The molecule has 102 valence electrons. The van der Waals surface area contributed by atoms with Crippen LogP contribution in [0.1, 0.15) is 19.3 Å². The molecule has 6 heteroatoms. The molecule has 1 aliphatic rings. The van der Waals surface area contributed by atoms with Crippen LogP contribution in [0.3, 0.4) is 0 Å². The summed E-state index contributed by atoms with van der Waals surface area (Å²) < 4.78 is 24.4. The first kappa shape index (κ1) is 14.9. The standard InChI is InChI=1S/C11H25N3O2S/c1-13(2)17(15,16)10-7-12-11-5-4-8-14(3)9-6-11/h11-12H,4-10H2,1-3H3. The van der Waals surface area contributed by atoms with E-state index in [2.05, 4.69) is 17.3 Å². The molecular formula is C11H25N3O2S. The molecule has 1 fully saturated rings. The summed E-state index contributed by atoms with van der Waals surface area (Å²) in [6.07, 6.45) is 3.44. The molecule has 1 saturated heterocycles. The average Bonchev–Trinajstić information content (AvgIpc) is 2.43. The van der Waals surface area contributed by atoms with Crippen molar-refractivity contribution in [3.8, 4) is 0 Å². The molecule has 17 heavy (non-hydrogen) atoms. The Hall–Kier alpha value is -0.170. The lowest BCUT2D eigenvalue weighted by molar-refractivity contribution is 0.344. The molecule has 1 unspecified atom stereocenters. The Morgan fingerprint density at radius 1 is 1.29 bits per heavy atom. The summed E-state index contributed by atoms with van der Waals surface area (Å²) in [7, 11) is 2.24.